The molecule has 1 N–H and O–H groups in total. The first kappa shape index (κ1) is 9.54. The van der Waals surface area contributed by atoms with Gasteiger partial charge in [0.2, 0.25) is 0 Å². The zero-order chi connectivity index (χ0) is 8.58. The molecule has 0 aliphatic rings. The number of hydrogen-bond donors (Lipinski definition) is 1. The molecule has 0 saturated carbocycles. The van der Waals surface area contributed by atoms with Crippen molar-refractivity contribution in [1.29, 1.82) is 0 Å². The van der Waals surface area contributed by atoms with Gasteiger partial charge in [-0.15, -0.1) is 0 Å². The third kappa shape index (κ3) is 2.42. The van der Waals surface area contributed by atoms with E-state index in [1.165, 1.54) is 0 Å². The van der Waals surface area contributed by atoms with Crippen LogP contribution in [-0.4, -0.2) is 23.6 Å². The molecule has 7 heteroatoms. The average Bonchev–Trinajstić information content (AvgIpc) is 1.59. The predicted octanol–water partition coefficient (Wildman–Crippen LogP) is 1.47. The standard InChI is InChI=1S/C3H2F6O/c4-1(2(5,6)7)3(8,9)10/h1,10H. The number of alkyl halides is 6. The Bertz CT molecular complexity index is 97.1. The molecular formula is C3H2F6O. The minimum Gasteiger partial charge on any atom is -0.334 e. The van der Waals surface area contributed by atoms with Crippen molar-refractivity contribution in [3.8, 4) is 0 Å². The normalized spacial score (nSPS) is 17.1. The predicted molar refractivity (Wildman–Crippen MR) is 18.1 cm³/mol. The molecule has 0 fully saturated rings. The van der Waals surface area contributed by atoms with Crippen molar-refractivity contribution in [2.45, 2.75) is 18.5 Å². The van der Waals surface area contributed by atoms with Crippen LogP contribution < -0.4 is 0 Å². The Labute approximate surface area is 51.3 Å². The average molecular weight is 168 g/mol. The summed E-state index contributed by atoms with van der Waals surface area (Å²) in [6.45, 7) is 0. The van der Waals surface area contributed by atoms with Crippen LogP contribution in [0, 0.1) is 0 Å². The Morgan fingerprint density at radius 1 is 1.00 bits per heavy atom. The molecule has 0 aromatic rings. The highest BCUT2D eigenvalue weighted by molar-refractivity contribution is 4.72. The molecule has 1 unspecified atom stereocenters. The second-order valence-corrected chi connectivity index (χ2v) is 1.49. The largest absolute Gasteiger partial charge is 0.428 e. The third-order valence-corrected chi connectivity index (χ3v) is 0.592. The van der Waals surface area contributed by atoms with Gasteiger partial charge in [0.15, 0.2) is 0 Å². The van der Waals surface area contributed by atoms with Crippen LogP contribution in [0.2, 0.25) is 0 Å². The van der Waals surface area contributed by atoms with Gasteiger partial charge < -0.3 is 5.11 Å². The van der Waals surface area contributed by atoms with Gasteiger partial charge >= 0.3 is 12.3 Å². The Hall–Kier alpha value is -0.460. The zero-order valence-corrected chi connectivity index (χ0v) is 4.29. The van der Waals surface area contributed by atoms with Gasteiger partial charge in [-0.3, -0.25) is 0 Å². The summed E-state index contributed by atoms with van der Waals surface area (Å²) >= 11 is 0. The monoisotopic (exact) mass is 168 g/mol. The fourth-order valence-electron chi connectivity index (χ4n) is 0.197. The van der Waals surface area contributed by atoms with Crippen LogP contribution in [0.25, 0.3) is 0 Å². The van der Waals surface area contributed by atoms with E-state index in [9.17, 15) is 26.3 Å². The zero-order valence-electron chi connectivity index (χ0n) is 4.29. The Morgan fingerprint density at radius 3 is 1.30 bits per heavy atom. The van der Waals surface area contributed by atoms with E-state index in [0.29, 0.717) is 0 Å². The molecule has 10 heavy (non-hydrogen) atoms. The van der Waals surface area contributed by atoms with Crippen LogP contribution >= 0.6 is 0 Å². The summed E-state index contributed by atoms with van der Waals surface area (Å²) < 4.78 is 66.2. The molecule has 1 atom stereocenters. The third-order valence-electron chi connectivity index (χ3n) is 0.592. The van der Waals surface area contributed by atoms with E-state index in [0.717, 1.165) is 0 Å². The molecule has 0 aliphatic carbocycles. The van der Waals surface area contributed by atoms with Crippen LogP contribution in [0.4, 0.5) is 26.3 Å². The molecule has 0 aromatic carbocycles. The van der Waals surface area contributed by atoms with E-state index in [-0.39, 0.29) is 0 Å². The molecule has 62 valence electrons. The number of halogens is 6. The molecule has 1 nitrogen and oxygen atoms in total. The second kappa shape index (κ2) is 2.30. The lowest BCUT2D eigenvalue weighted by atomic mass is 10.3. The van der Waals surface area contributed by atoms with Gasteiger partial charge in [0.1, 0.15) is 0 Å². The van der Waals surface area contributed by atoms with Gasteiger partial charge in [0.25, 0.3) is 6.17 Å². The first-order valence-corrected chi connectivity index (χ1v) is 1.96. The van der Waals surface area contributed by atoms with Gasteiger partial charge in [0.05, 0.1) is 0 Å². The van der Waals surface area contributed by atoms with Gasteiger partial charge in [-0.05, 0) is 0 Å². The SMILES string of the molecule is OC(F)(F)C(F)C(F)(F)F. The van der Waals surface area contributed by atoms with E-state index in [1.807, 2.05) is 0 Å². The molecule has 0 amide bonds. The maximum atomic E-state index is 11.3. The molecular weight excluding hydrogens is 166 g/mol. The summed E-state index contributed by atoms with van der Waals surface area (Å²) in [5.41, 5.74) is 0. The van der Waals surface area contributed by atoms with Crippen molar-refractivity contribution in [1.82, 2.24) is 0 Å². The van der Waals surface area contributed by atoms with E-state index < -0.39 is 18.5 Å². The van der Waals surface area contributed by atoms with Crippen LogP contribution in [0.15, 0.2) is 0 Å². The van der Waals surface area contributed by atoms with E-state index in [1.54, 1.807) is 0 Å². The summed E-state index contributed by atoms with van der Waals surface area (Å²) in [6.07, 6.45) is -15.6. The maximum absolute atomic E-state index is 11.3. The van der Waals surface area contributed by atoms with Gasteiger partial charge in [0, 0.05) is 0 Å². The van der Waals surface area contributed by atoms with Crippen molar-refractivity contribution in [3.63, 3.8) is 0 Å². The number of aliphatic hydroxyl groups is 1. The van der Waals surface area contributed by atoms with Gasteiger partial charge in [-0.25, -0.2) is 4.39 Å². The van der Waals surface area contributed by atoms with E-state index >= 15 is 0 Å². The van der Waals surface area contributed by atoms with Gasteiger partial charge in [-0.2, -0.15) is 22.0 Å². The molecule has 0 radical (unpaired) electrons. The lowest BCUT2D eigenvalue weighted by Crippen LogP contribution is -2.41. The quantitative estimate of drug-likeness (QED) is 0.587. The van der Waals surface area contributed by atoms with Crippen LogP contribution in [0.1, 0.15) is 0 Å². The van der Waals surface area contributed by atoms with Crippen molar-refractivity contribution in [2.75, 3.05) is 0 Å². The van der Waals surface area contributed by atoms with Crippen molar-refractivity contribution in [2.24, 2.45) is 0 Å². The van der Waals surface area contributed by atoms with Crippen LogP contribution in [0.3, 0.4) is 0 Å². The van der Waals surface area contributed by atoms with Crippen molar-refractivity contribution in [3.05, 3.63) is 0 Å². The highest BCUT2D eigenvalue weighted by atomic mass is 19.4. The fraction of sp³-hybridized carbons (Fsp3) is 1.00. The highest BCUT2D eigenvalue weighted by Gasteiger charge is 2.56. The number of rotatable bonds is 1. The Morgan fingerprint density at radius 2 is 1.30 bits per heavy atom. The van der Waals surface area contributed by atoms with Crippen molar-refractivity contribution >= 4 is 0 Å². The van der Waals surface area contributed by atoms with Crippen molar-refractivity contribution < 1.29 is 31.4 Å². The second-order valence-electron chi connectivity index (χ2n) is 1.49. The highest BCUT2D eigenvalue weighted by Crippen LogP contribution is 2.32. The smallest absolute Gasteiger partial charge is 0.334 e. The topological polar surface area (TPSA) is 20.2 Å². The summed E-state index contributed by atoms with van der Waals surface area (Å²) in [5, 5.41) is 7.19. The van der Waals surface area contributed by atoms with Crippen LogP contribution in [-0.2, 0) is 0 Å². The first-order valence-electron chi connectivity index (χ1n) is 1.96. The van der Waals surface area contributed by atoms with Gasteiger partial charge in [-0.1, -0.05) is 0 Å². The maximum Gasteiger partial charge on any atom is 0.428 e. The summed E-state index contributed by atoms with van der Waals surface area (Å²) in [5.74, 6) is 0. The molecule has 0 rings (SSSR count). The summed E-state index contributed by atoms with van der Waals surface area (Å²) in [7, 11) is 0. The molecule has 0 heterocycles. The summed E-state index contributed by atoms with van der Waals surface area (Å²) in [6, 6.07) is 0. The lowest BCUT2D eigenvalue weighted by molar-refractivity contribution is -0.317. The summed E-state index contributed by atoms with van der Waals surface area (Å²) in [4.78, 5) is 0. The Kier molecular flexibility index (Phi) is 2.19. The van der Waals surface area contributed by atoms with E-state index in [2.05, 4.69) is 0 Å². The molecule has 0 aromatic heterocycles. The molecule has 0 bridgehead atoms. The molecule has 0 aliphatic heterocycles. The minimum absolute atomic E-state index is 4.51. The van der Waals surface area contributed by atoms with E-state index in [4.69, 9.17) is 5.11 Å². The number of hydrogen-bond acceptors (Lipinski definition) is 1. The molecule has 0 saturated heterocycles. The fourth-order valence-corrected chi connectivity index (χ4v) is 0.197. The van der Waals surface area contributed by atoms with Crippen LogP contribution in [0.5, 0.6) is 0 Å². The molecule has 0 spiro atoms. The lowest BCUT2D eigenvalue weighted by Gasteiger charge is -2.16. The first-order chi connectivity index (χ1) is 4.15. The minimum atomic E-state index is -5.72. The Balaban J connectivity index is 4.23.